The van der Waals surface area contributed by atoms with Gasteiger partial charge in [0.05, 0.1) is 12.5 Å². The molecule has 0 aliphatic carbocycles. The number of nitrogens with one attached hydrogen (secondary N) is 1. The molecule has 0 aliphatic heterocycles. The van der Waals surface area contributed by atoms with Crippen LogP contribution in [0.4, 0.5) is 13.2 Å². The van der Waals surface area contributed by atoms with Gasteiger partial charge in [-0.1, -0.05) is 0 Å². The first-order chi connectivity index (χ1) is 5.95. The molecular formula is C8H16F3NO. The molecule has 0 saturated heterocycles. The molecule has 1 atom stereocenters. The van der Waals surface area contributed by atoms with E-state index in [0.717, 1.165) is 0 Å². The van der Waals surface area contributed by atoms with Crippen LogP contribution in [0.5, 0.6) is 0 Å². The van der Waals surface area contributed by atoms with E-state index < -0.39 is 12.6 Å². The van der Waals surface area contributed by atoms with E-state index in [1.54, 1.807) is 0 Å². The summed E-state index contributed by atoms with van der Waals surface area (Å²) in [5.41, 5.74) is 0. The summed E-state index contributed by atoms with van der Waals surface area (Å²) in [5, 5.41) is 2.68. The van der Waals surface area contributed by atoms with Crippen LogP contribution in [0.1, 0.15) is 20.3 Å². The molecule has 0 aromatic heterocycles. The zero-order valence-electron chi connectivity index (χ0n) is 7.95. The Balaban J connectivity index is 3.25. The van der Waals surface area contributed by atoms with Crippen LogP contribution in [0, 0.1) is 0 Å². The monoisotopic (exact) mass is 199 g/mol. The number of halogens is 3. The molecule has 0 saturated carbocycles. The third-order valence-electron chi connectivity index (χ3n) is 1.47. The summed E-state index contributed by atoms with van der Waals surface area (Å²) in [6, 6.07) is 0. The number of hydrogen-bond acceptors (Lipinski definition) is 2. The van der Waals surface area contributed by atoms with Gasteiger partial charge in [0.2, 0.25) is 0 Å². The second-order valence-electron chi connectivity index (χ2n) is 2.84. The average molecular weight is 199 g/mol. The third kappa shape index (κ3) is 9.63. The van der Waals surface area contributed by atoms with Crippen LogP contribution < -0.4 is 5.32 Å². The lowest BCUT2D eigenvalue weighted by molar-refractivity contribution is -0.133. The first-order valence-corrected chi connectivity index (χ1v) is 4.34. The molecule has 5 heteroatoms. The normalized spacial score (nSPS) is 14.5. The van der Waals surface area contributed by atoms with Crippen molar-refractivity contribution in [2.24, 2.45) is 0 Å². The molecule has 0 rings (SSSR count). The van der Waals surface area contributed by atoms with Crippen molar-refractivity contribution in [3.8, 4) is 0 Å². The predicted octanol–water partition coefficient (Wildman–Crippen LogP) is 1.95. The van der Waals surface area contributed by atoms with Gasteiger partial charge in [-0.3, -0.25) is 0 Å². The smallest absolute Gasteiger partial charge is 0.377 e. The van der Waals surface area contributed by atoms with Crippen LogP contribution >= 0.6 is 0 Å². The van der Waals surface area contributed by atoms with Crippen molar-refractivity contribution in [1.82, 2.24) is 5.32 Å². The van der Waals surface area contributed by atoms with E-state index in [2.05, 4.69) is 5.32 Å². The summed E-state index contributed by atoms with van der Waals surface area (Å²) < 4.78 is 40.1. The Hall–Kier alpha value is -0.290. The van der Waals surface area contributed by atoms with Gasteiger partial charge in [0.1, 0.15) is 0 Å². The van der Waals surface area contributed by atoms with Crippen LogP contribution in [0.15, 0.2) is 0 Å². The maximum atomic E-state index is 11.7. The maximum absolute atomic E-state index is 11.7. The van der Waals surface area contributed by atoms with E-state index >= 15 is 0 Å². The first kappa shape index (κ1) is 12.7. The van der Waals surface area contributed by atoms with Gasteiger partial charge in [-0.15, -0.1) is 0 Å². The number of hydrogen-bond donors (Lipinski definition) is 1. The van der Waals surface area contributed by atoms with Crippen molar-refractivity contribution in [3.05, 3.63) is 0 Å². The van der Waals surface area contributed by atoms with E-state index in [1.807, 2.05) is 13.8 Å². The van der Waals surface area contributed by atoms with Gasteiger partial charge in [-0.25, -0.2) is 0 Å². The minimum atomic E-state index is -4.07. The minimum absolute atomic E-state index is 0.0294. The largest absolute Gasteiger partial charge is 0.390 e. The molecule has 0 fully saturated rings. The molecule has 0 aromatic rings. The molecule has 0 aliphatic rings. The summed E-state index contributed by atoms with van der Waals surface area (Å²) in [5.74, 6) is 0. The Kier molecular flexibility index (Phi) is 6.07. The van der Waals surface area contributed by atoms with Gasteiger partial charge >= 0.3 is 6.18 Å². The number of ether oxygens (including phenoxy) is 1. The van der Waals surface area contributed by atoms with Crippen molar-refractivity contribution in [2.45, 2.75) is 32.5 Å². The number of rotatable bonds is 6. The molecule has 13 heavy (non-hydrogen) atoms. The highest BCUT2D eigenvalue weighted by Crippen LogP contribution is 2.17. The van der Waals surface area contributed by atoms with Crippen molar-refractivity contribution in [2.75, 3.05) is 19.7 Å². The molecule has 0 spiro atoms. The fourth-order valence-electron chi connectivity index (χ4n) is 0.879. The summed E-state index contributed by atoms with van der Waals surface area (Å²) in [6.45, 7) is 4.68. The van der Waals surface area contributed by atoms with Gasteiger partial charge < -0.3 is 10.1 Å². The van der Waals surface area contributed by atoms with Gasteiger partial charge in [0.25, 0.3) is 0 Å². The Morgan fingerprint density at radius 1 is 1.38 bits per heavy atom. The third-order valence-corrected chi connectivity index (χ3v) is 1.47. The van der Waals surface area contributed by atoms with E-state index in [0.29, 0.717) is 13.2 Å². The van der Waals surface area contributed by atoms with Crippen molar-refractivity contribution < 1.29 is 17.9 Å². The zero-order chi connectivity index (χ0) is 10.3. The molecule has 80 valence electrons. The van der Waals surface area contributed by atoms with Crippen LogP contribution in [0.3, 0.4) is 0 Å². The molecule has 1 N–H and O–H groups in total. The van der Waals surface area contributed by atoms with Gasteiger partial charge in [0, 0.05) is 19.7 Å². The highest BCUT2D eigenvalue weighted by molar-refractivity contribution is 4.58. The SMILES string of the molecule is CCOC(C)CNCCC(F)(F)F. The Morgan fingerprint density at radius 2 is 2.00 bits per heavy atom. The van der Waals surface area contributed by atoms with Gasteiger partial charge in [-0.2, -0.15) is 13.2 Å². The first-order valence-electron chi connectivity index (χ1n) is 4.34. The highest BCUT2D eigenvalue weighted by atomic mass is 19.4. The quantitative estimate of drug-likeness (QED) is 0.660. The van der Waals surface area contributed by atoms with Crippen LogP contribution in [0.25, 0.3) is 0 Å². The van der Waals surface area contributed by atoms with Crippen molar-refractivity contribution in [1.29, 1.82) is 0 Å². The molecule has 0 radical (unpaired) electrons. The second kappa shape index (κ2) is 6.21. The zero-order valence-corrected chi connectivity index (χ0v) is 7.95. The molecule has 0 bridgehead atoms. The molecular weight excluding hydrogens is 183 g/mol. The minimum Gasteiger partial charge on any atom is -0.377 e. The van der Waals surface area contributed by atoms with E-state index in [4.69, 9.17) is 4.74 Å². The fourth-order valence-corrected chi connectivity index (χ4v) is 0.879. The summed E-state index contributed by atoms with van der Waals surface area (Å²) in [4.78, 5) is 0. The number of alkyl halides is 3. The summed E-state index contributed by atoms with van der Waals surface area (Å²) >= 11 is 0. The Bertz CT molecular complexity index is 127. The molecule has 0 amide bonds. The highest BCUT2D eigenvalue weighted by Gasteiger charge is 2.25. The average Bonchev–Trinajstić information content (AvgIpc) is 1.97. The topological polar surface area (TPSA) is 21.3 Å². The summed E-state index contributed by atoms with van der Waals surface area (Å²) in [6.07, 6.45) is -4.88. The lowest BCUT2D eigenvalue weighted by Gasteiger charge is -2.13. The Morgan fingerprint density at radius 3 is 2.46 bits per heavy atom. The van der Waals surface area contributed by atoms with Crippen LogP contribution in [-0.2, 0) is 4.74 Å². The van der Waals surface area contributed by atoms with Crippen LogP contribution in [0.2, 0.25) is 0 Å². The second-order valence-corrected chi connectivity index (χ2v) is 2.84. The Labute approximate surface area is 76.5 Å². The van der Waals surface area contributed by atoms with E-state index in [1.165, 1.54) is 0 Å². The van der Waals surface area contributed by atoms with Gasteiger partial charge in [-0.05, 0) is 13.8 Å². The van der Waals surface area contributed by atoms with Crippen LogP contribution in [-0.4, -0.2) is 32.0 Å². The van der Waals surface area contributed by atoms with E-state index in [-0.39, 0.29) is 12.6 Å². The van der Waals surface area contributed by atoms with Crippen molar-refractivity contribution in [3.63, 3.8) is 0 Å². The van der Waals surface area contributed by atoms with Crippen molar-refractivity contribution >= 4 is 0 Å². The maximum Gasteiger partial charge on any atom is 0.390 e. The molecule has 0 aromatic carbocycles. The van der Waals surface area contributed by atoms with E-state index in [9.17, 15) is 13.2 Å². The lowest BCUT2D eigenvalue weighted by Crippen LogP contribution is -2.29. The van der Waals surface area contributed by atoms with Gasteiger partial charge in [0.15, 0.2) is 0 Å². The molecule has 0 heterocycles. The fraction of sp³-hybridized carbons (Fsp3) is 1.00. The lowest BCUT2D eigenvalue weighted by atomic mass is 10.3. The standard InChI is InChI=1S/C8H16F3NO/c1-3-13-7(2)6-12-5-4-8(9,10)11/h7,12H,3-6H2,1-2H3. The predicted molar refractivity (Wildman–Crippen MR) is 44.6 cm³/mol. The molecule has 2 nitrogen and oxygen atoms in total. The summed E-state index contributed by atoms with van der Waals surface area (Å²) in [7, 11) is 0. The molecule has 1 unspecified atom stereocenters.